The molecule has 1 heterocycles. The van der Waals surface area contributed by atoms with Crippen LogP contribution >= 0.6 is 11.8 Å². The topological polar surface area (TPSA) is 29.3 Å². The summed E-state index contributed by atoms with van der Waals surface area (Å²) in [6.45, 7) is 4.77. The van der Waals surface area contributed by atoms with Crippen LogP contribution in [-0.2, 0) is 0 Å². The molecule has 0 amide bonds. The lowest BCUT2D eigenvalue weighted by Gasteiger charge is -2.37. The molecule has 0 radical (unpaired) electrons. The van der Waals surface area contributed by atoms with Crippen LogP contribution in [0.4, 0.5) is 0 Å². The normalized spacial score (nSPS) is 34.8. The molecule has 2 atom stereocenters. The molecule has 2 nitrogen and oxygen atoms in total. The summed E-state index contributed by atoms with van der Waals surface area (Å²) >= 11 is 2.17. The average Bonchev–Trinajstić information content (AvgIpc) is 2.68. The van der Waals surface area contributed by atoms with E-state index in [4.69, 9.17) is 5.73 Å². The predicted octanol–water partition coefficient (Wildman–Crippen LogP) is 2.08. The lowest BCUT2D eigenvalue weighted by molar-refractivity contribution is 0.158. The van der Waals surface area contributed by atoms with Crippen LogP contribution in [0.2, 0.25) is 0 Å². The molecule has 15 heavy (non-hydrogen) atoms. The lowest BCUT2D eigenvalue weighted by atomic mass is 10.0. The van der Waals surface area contributed by atoms with Crippen LogP contribution in [0.25, 0.3) is 0 Å². The first-order valence-corrected chi connectivity index (χ1v) is 7.47. The Morgan fingerprint density at radius 1 is 1.20 bits per heavy atom. The molecule has 1 saturated carbocycles. The first-order chi connectivity index (χ1) is 7.31. The standard InChI is InChI=1S/C12H24N2S/c1-2-15-12-5-3-4-11(12)14-8-6-10(13)7-9-14/h10-12H,2-9,13H2,1H3. The second-order valence-electron chi connectivity index (χ2n) is 4.87. The number of hydrogen-bond acceptors (Lipinski definition) is 3. The minimum absolute atomic E-state index is 0.472. The van der Waals surface area contributed by atoms with Gasteiger partial charge >= 0.3 is 0 Å². The zero-order chi connectivity index (χ0) is 10.7. The van der Waals surface area contributed by atoms with E-state index in [0.29, 0.717) is 6.04 Å². The van der Waals surface area contributed by atoms with Crippen LogP contribution in [0.5, 0.6) is 0 Å². The molecule has 0 aromatic carbocycles. The van der Waals surface area contributed by atoms with Crippen LogP contribution in [-0.4, -0.2) is 41.1 Å². The molecule has 0 spiro atoms. The molecule has 3 heteroatoms. The molecule has 1 aliphatic heterocycles. The van der Waals surface area contributed by atoms with Gasteiger partial charge < -0.3 is 5.73 Å². The smallest absolute Gasteiger partial charge is 0.0214 e. The fourth-order valence-electron chi connectivity index (χ4n) is 2.98. The Balaban J connectivity index is 1.86. The first kappa shape index (κ1) is 11.7. The zero-order valence-corrected chi connectivity index (χ0v) is 10.6. The van der Waals surface area contributed by atoms with Crippen molar-refractivity contribution < 1.29 is 0 Å². The minimum Gasteiger partial charge on any atom is -0.328 e. The van der Waals surface area contributed by atoms with Crippen LogP contribution < -0.4 is 5.73 Å². The molecule has 0 aromatic rings. The van der Waals surface area contributed by atoms with Gasteiger partial charge in [0.05, 0.1) is 0 Å². The van der Waals surface area contributed by atoms with E-state index in [9.17, 15) is 0 Å². The van der Waals surface area contributed by atoms with Crippen molar-refractivity contribution >= 4 is 11.8 Å². The van der Waals surface area contributed by atoms with Crippen molar-refractivity contribution in [1.82, 2.24) is 4.90 Å². The van der Waals surface area contributed by atoms with Crippen molar-refractivity contribution in [2.24, 2.45) is 5.73 Å². The molecule has 2 fully saturated rings. The van der Waals surface area contributed by atoms with E-state index in [1.54, 1.807) is 0 Å². The predicted molar refractivity (Wildman–Crippen MR) is 68.3 cm³/mol. The van der Waals surface area contributed by atoms with Crippen molar-refractivity contribution in [3.05, 3.63) is 0 Å². The van der Waals surface area contributed by atoms with Gasteiger partial charge in [-0.25, -0.2) is 0 Å². The molecule has 2 rings (SSSR count). The van der Waals surface area contributed by atoms with Crippen molar-refractivity contribution in [2.75, 3.05) is 18.8 Å². The van der Waals surface area contributed by atoms with Gasteiger partial charge in [0.2, 0.25) is 0 Å². The molecular formula is C12H24N2S. The van der Waals surface area contributed by atoms with E-state index in [-0.39, 0.29) is 0 Å². The van der Waals surface area contributed by atoms with Crippen molar-refractivity contribution in [3.63, 3.8) is 0 Å². The van der Waals surface area contributed by atoms with E-state index in [2.05, 4.69) is 23.6 Å². The van der Waals surface area contributed by atoms with Crippen molar-refractivity contribution in [2.45, 2.75) is 56.4 Å². The number of rotatable bonds is 3. The molecule has 2 unspecified atom stereocenters. The second-order valence-corrected chi connectivity index (χ2v) is 6.38. The van der Waals surface area contributed by atoms with Gasteiger partial charge in [-0.2, -0.15) is 11.8 Å². The number of nitrogens with zero attached hydrogens (tertiary/aromatic N) is 1. The monoisotopic (exact) mass is 228 g/mol. The summed E-state index contributed by atoms with van der Waals surface area (Å²) in [5.74, 6) is 1.27. The third-order valence-corrected chi connectivity index (χ3v) is 5.15. The van der Waals surface area contributed by atoms with Gasteiger partial charge in [0, 0.05) is 17.3 Å². The highest BCUT2D eigenvalue weighted by Crippen LogP contribution is 2.34. The SMILES string of the molecule is CCSC1CCCC1N1CCC(N)CC1. The highest BCUT2D eigenvalue weighted by atomic mass is 32.2. The quantitative estimate of drug-likeness (QED) is 0.802. The van der Waals surface area contributed by atoms with Gasteiger partial charge in [0.15, 0.2) is 0 Å². The zero-order valence-electron chi connectivity index (χ0n) is 9.82. The Morgan fingerprint density at radius 2 is 1.93 bits per heavy atom. The van der Waals surface area contributed by atoms with E-state index >= 15 is 0 Å². The van der Waals surface area contributed by atoms with Gasteiger partial charge in [-0.15, -0.1) is 0 Å². The Morgan fingerprint density at radius 3 is 2.60 bits per heavy atom. The summed E-state index contributed by atoms with van der Waals surface area (Å²) in [7, 11) is 0. The molecule has 88 valence electrons. The van der Waals surface area contributed by atoms with Crippen LogP contribution in [0, 0.1) is 0 Å². The summed E-state index contributed by atoms with van der Waals surface area (Å²) in [6.07, 6.45) is 6.71. The summed E-state index contributed by atoms with van der Waals surface area (Å²) in [6, 6.07) is 1.34. The number of likely N-dealkylation sites (tertiary alicyclic amines) is 1. The molecule has 1 saturated heterocycles. The number of piperidine rings is 1. The maximum Gasteiger partial charge on any atom is 0.0214 e. The van der Waals surface area contributed by atoms with E-state index < -0.39 is 0 Å². The minimum atomic E-state index is 0.472. The van der Waals surface area contributed by atoms with Crippen LogP contribution in [0.1, 0.15) is 39.0 Å². The van der Waals surface area contributed by atoms with Gasteiger partial charge in [0.1, 0.15) is 0 Å². The summed E-state index contributed by atoms with van der Waals surface area (Å²) in [5, 5.41) is 0.907. The second kappa shape index (κ2) is 5.55. The molecule has 1 aliphatic carbocycles. The van der Waals surface area contributed by atoms with Gasteiger partial charge in [-0.1, -0.05) is 13.3 Å². The number of nitrogens with two attached hydrogens (primary N) is 1. The van der Waals surface area contributed by atoms with Gasteiger partial charge in [0.25, 0.3) is 0 Å². The summed E-state index contributed by atoms with van der Waals surface area (Å²) in [4.78, 5) is 2.71. The van der Waals surface area contributed by atoms with Crippen LogP contribution in [0.15, 0.2) is 0 Å². The highest BCUT2D eigenvalue weighted by Gasteiger charge is 2.33. The number of hydrogen-bond donors (Lipinski definition) is 1. The molecule has 2 N–H and O–H groups in total. The lowest BCUT2D eigenvalue weighted by Crippen LogP contribution is -2.47. The summed E-state index contributed by atoms with van der Waals surface area (Å²) in [5.41, 5.74) is 5.96. The molecule has 0 bridgehead atoms. The fraction of sp³-hybridized carbons (Fsp3) is 1.00. The molecule has 0 aromatic heterocycles. The Labute approximate surface area is 98.0 Å². The Bertz CT molecular complexity index is 190. The van der Waals surface area contributed by atoms with E-state index in [1.165, 1.54) is 50.9 Å². The third kappa shape index (κ3) is 2.89. The maximum atomic E-state index is 5.96. The Hall–Kier alpha value is 0.270. The fourth-order valence-corrected chi connectivity index (χ4v) is 4.28. The molecule has 2 aliphatic rings. The van der Waals surface area contributed by atoms with Crippen molar-refractivity contribution in [1.29, 1.82) is 0 Å². The molecular weight excluding hydrogens is 204 g/mol. The van der Waals surface area contributed by atoms with Gasteiger partial charge in [-0.05, 0) is 44.5 Å². The average molecular weight is 228 g/mol. The Kier molecular flexibility index (Phi) is 4.35. The number of thioether (sulfide) groups is 1. The summed E-state index contributed by atoms with van der Waals surface area (Å²) < 4.78 is 0. The largest absolute Gasteiger partial charge is 0.328 e. The third-order valence-electron chi connectivity index (χ3n) is 3.84. The van der Waals surface area contributed by atoms with E-state index in [0.717, 1.165) is 11.3 Å². The van der Waals surface area contributed by atoms with E-state index in [1.807, 2.05) is 0 Å². The highest BCUT2D eigenvalue weighted by molar-refractivity contribution is 7.99. The van der Waals surface area contributed by atoms with Gasteiger partial charge in [-0.3, -0.25) is 4.90 Å². The first-order valence-electron chi connectivity index (χ1n) is 6.42. The maximum absolute atomic E-state index is 5.96. The van der Waals surface area contributed by atoms with Crippen molar-refractivity contribution in [3.8, 4) is 0 Å². The van der Waals surface area contributed by atoms with Crippen LogP contribution in [0.3, 0.4) is 0 Å².